The van der Waals surface area contributed by atoms with Crippen LogP contribution in [-0.2, 0) is 20.7 Å². The summed E-state index contributed by atoms with van der Waals surface area (Å²) in [6, 6.07) is 9.72. The molecule has 0 bridgehead atoms. The molecule has 0 amide bonds. The van der Waals surface area contributed by atoms with Crippen molar-refractivity contribution in [2.75, 3.05) is 0 Å². The molecule has 1 aromatic carbocycles. The fourth-order valence-electron chi connectivity index (χ4n) is 1.43. The minimum atomic E-state index is -0.529. The van der Waals surface area contributed by atoms with Gasteiger partial charge in [-0.2, -0.15) is 0 Å². The van der Waals surface area contributed by atoms with Gasteiger partial charge in [0.2, 0.25) is 0 Å². The third kappa shape index (κ3) is 4.70. The van der Waals surface area contributed by atoms with E-state index >= 15 is 0 Å². The molecule has 0 aliphatic heterocycles. The Morgan fingerprint density at radius 2 is 2.06 bits per heavy atom. The molecule has 4 heteroatoms. The van der Waals surface area contributed by atoms with Crippen molar-refractivity contribution in [2.45, 2.75) is 25.3 Å². The molecule has 86 valence electrons. The molecule has 0 aliphatic rings. The zero-order valence-electron chi connectivity index (χ0n) is 8.96. The second-order valence-electron chi connectivity index (χ2n) is 3.57. The first kappa shape index (κ1) is 12.4. The molecule has 1 aromatic rings. The molecular formula is C12H15NO3. The van der Waals surface area contributed by atoms with Crippen LogP contribution in [0.3, 0.4) is 0 Å². The molecule has 1 atom stereocenters. The summed E-state index contributed by atoms with van der Waals surface area (Å²) in [4.78, 5) is 20.8. The largest absolute Gasteiger partial charge is 0.395 e. The maximum absolute atomic E-state index is 10.9. The highest BCUT2D eigenvalue weighted by molar-refractivity contribution is 5.76. The van der Waals surface area contributed by atoms with Gasteiger partial charge in [0.05, 0.1) is 0 Å². The van der Waals surface area contributed by atoms with Crippen molar-refractivity contribution in [3.8, 4) is 0 Å². The molecule has 0 aromatic heterocycles. The zero-order chi connectivity index (χ0) is 11.8. The Morgan fingerprint density at radius 1 is 1.38 bits per heavy atom. The summed E-state index contributed by atoms with van der Waals surface area (Å²) in [5.74, 6) is -0.529. The predicted octanol–water partition coefficient (Wildman–Crippen LogP) is 1.04. The first-order valence-electron chi connectivity index (χ1n) is 5.15. The lowest BCUT2D eigenvalue weighted by atomic mass is 10.0. The average molecular weight is 221 g/mol. The molecule has 0 fully saturated rings. The summed E-state index contributed by atoms with van der Waals surface area (Å²) in [6.07, 6.45) is 1.41. The van der Waals surface area contributed by atoms with E-state index < -0.39 is 5.97 Å². The summed E-state index contributed by atoms with van der Waals surface area (Å²) in [7, 11) is 0. The van der Waals surface area contributed by atoms with Crippen LogP contribution in [-0.4, -0.2) is 18.5 Å². The molecule has 0 aliphatic carbocycles. The van der Waals surface area contributed by atoms with Gasteiger partial charge in [-0.15, -0.1) is 0 Å². The van der Waals surface area contributed by atoms with Gasteiger partial charge in [0.15, 0.2) is 0 Å². The molecule has 0 spiro atoms. The number of ether oxygens (including phenoxy) is 1. The lowest BCUT2D eigenvalue weighted by Crippen LogP contribution is -2.24. The smallest absolute Gasteiger partial charge is 0.313 e. The maximum Gasteiger partial charge on any atom is 0.313 e. The van der Waals surface area contributed by atoms with Crippen molar-refractivity contribution in [3.05, 3.63) is 35.9 Å². The van der Waals surface area contributed by atoms with Crippen molar-refractivity contribution in [1.82, 2.24) is 0 Å². The van der Waals surface area contributed by atoms with Gasteiger partial charge in [-0.05, 0) is 18.4 Å². The summed E-state index contributed by atoms with van der Waals surface area (Å²) in [6.45, 7) is 0.144. The van der Waals surface area contributed by atoms with E-state index in [1.165, 1.54) is 0 Å². The molecule has 4 nitrogen and oxygen atoms in total. The highest BCUT2D eigenvalue weighted by atomic mass is 16.6. The molecule has 1 unspecified atom stereocenters. The minimum absolute atomic E-state index is 0.0957. The number of hydrogen-bond donors (Lipinski definition) is 1. The van der Waals surface area contributed by atoms with Crippen LogP contribution in [0.25, 0.3) is 0 Å². The number of benzene rings is 1. The molecule has 0 radical (unpaired) electrons. The van der Waals surface area contributed by atoms with Crippen molar-refractivity contribution >= 4 is 12.4 Å². The number of hydrogen-bond acceptors (Lipinski definition) is 4. The second kappa shape index (κ2) is 6.74. The Balaban J connectivity index is 2.28. The van der Waals surface area contributed by atoms with Gasteiger partial charge in [0, 0.05) is 12.5 Å². The van der Waals surface area contributed by atoms with Crippen LogP contribution in [0.15, 0.2) is 30.3 Å². The SMILES string of the molecule is NC(CCC(=O)OC=O)Cc1ccccc1. The Morgan fingerprint density at radius 3 is 2.69 bits per heavy atom. The molecule has 0 saturated carbocycles. The number of esters is 1. The van der Waals surface area contributed by atoms with Crippen LogP contribution >= 0.6 is 0 Å². The Hall–Kier alpha value is -1.68. The van der Waals surface area contributed by atoms with E-state index in [1.54, 1.807) is 0 Å². The molecule has 16 heavy (non-hydrogen) atoms. The molecule has 2 N–H and O–H groups in total. The topological polar surface area (TPSA) is 69.4 Å². The number of rotatable bonds is 6. The monoisotopic (exact) mass is 221 g/mol. The fraction of sp³-hybridized carbons (Fsp3) is 0.333. The van der Waals surface area contributed by atoms with Gasteiger partial charge < -0.3 is 10.5 Å². The van der Waals surface area contributed by atoms with Gasteiger partial charge in [0.25, 0.3) is 0 Å². The summed E-state index contributed by atoms with van der Waals surface area (Å²) in [5.41, 5.74) is 6.99. The molecule has 1 rings (SSSR count). The third-order valence-corrected chi connectivity index (χ3v) is 2.24. The summed E-state index contributed by atoms with van der Waals surface area (Å²) >= 11 is 0. The Labute approximate surface area is 94.4 Å². The number of carbonyl (C=O) groups excluding carboxylic acids is 2. The summed E-state index contributed by atoms with van der Waals surface area (Å²) in [5, 5.41) is 0. The van der Waals surface area contributed by atoms with Gasteiger partial charge in [-0.1, -0.05) is 30.3 Å². The molecule has 0 heterocycles. The van der Waals surface area contributed by atoms with Crippen molar-refractivity contribution in [2.24, 2.45) is 5.73 Å². The highest BCUT2D eigenvalue weighted by Gasteiger charge is 2.08. The number of nitrogens with two attached hydrogens (primary N) is 1. The van der Waals surface area contributed by atoms with Crippen LogP contribution in [0.4, 0.5) is 0 Å². The Bertz CT molecular complexity index is 337. The van der Waals surface area contributed by atoms with Crippen LogP contribution in [0.1, 0.15) is 18.4 Å². The number of carbonyl (C=O) groups is 2. The van der Waals surface area contributed by atoms with E-state index in [0.717, 1.165) is 12.0 Å². The van der Waals surface area contributed by atoms with Crippen molar-refractivity contribution < 1.29 is 14.3 Å². The quantitative estimate of drug-likeness (QED) is 0.442. The normalized spacial score (nSPS) is 11.8. The van der Waals surface area contributed by atoms with E-state index in [4.69, 9.17) is 5.73 Å². The fourth-order valence-corrected chi connectivity index (χ4v) is 1.43. The van der Waals surface area contributed by atoms with Crippen LogP contribution in [0.2, 0.25) is 0 Å². The first-order valence-corrected chi connectivity index (χ1v) is 5.15. The van der Waals surface area contributed by atoms with E-state index in [-0.39, 0.29) is 18.9 Å². The maximum atomic E-state index is 10.9. The Kier molecular flexibility index (Phi) is 5.22. The van der Waals surface area contributed by atoms with E-state index in [1.807, 2.05) is 30.3 Å². The highest BCUT2D eigenvalue weighted by Crippen LogP contribution is 2.06. The standard InChI is InChI=1S/C12H15NO3/c13-11(6-7-12(15)16-9-14)8-10-4-2-1-3-5-10/h1-5,9,11H,6-8,13H2. The lowest BCUT2D eigenvalue weighted by molar-refractivity contribution is -0.151. The molecular weight excluding hydrogens is 206 g/mol. The van der Waals surface area contributed by atoms with Gasteiger partial charge >= 0.3 is 12.4 Å². The predicted molar refractivity (Wildman–Crippen MR) is 59.5 cm³/mol. The van der Waals surface area contributed by atoms with E-state index in [0.29, 0.717) is 6.42 Å². The first-order chi connectivity index (χ1) is 7.72. The zero-order valence-corrected chi connectivity index (χ0v) is 8.96. The third-order valence-electron chi connectivity index (χ3n) is 2.24. The van der Waals surface area contributed by atoms with Crippen molar-refractivity contribution in [1.29, 1.82) is 0 Å². The van der Waals surface area contributed by atoms with Crippen LogP contribution < -0.4 is 5.73 Å². The lowest BCUT2D eigenvalue weighted by Gasteiger charge is -2.10. The van der Waals surface area contributed by atoms with E-state index in [2.05, 4.69) is 4.74 Å². The summed E-state index contributed by atoms with van der Waals surface area (Å²) < 4.78 is 4.17. The van der Waals surface area contributed by atoms with Gasteiger partial charge in [0.1, 0.15) is 0 Å². The molecule has 0 saturated heterocycles. The van der Waals surface area contributed by atoms with E-state index in [9.17, 15) is 9.59 Å². The second-order valence-corrected chi connectivity index (χ2v) is 3.57. The van der Waals surface area contributed by atoms with Crippen molar-refractivity contribution in [3.63, 3.8) is 0 Å². The van der Waals surface area contributed by atoms with Gasteiger partial charge in [-0.3, -0.25) is 9.59 Å². The van der Waals surface area contributed by atoms with Gasteiger partial charge in [-0.25, -0.2) is 0 Å². The van der Waals surface area contributed by atoms with Crippen LogP contribution in [0, 0.1) is 0 Å². The average Bonchev–Trinajstić information content (AvgIpc) is 2.28. The van der Waals surface area contributed by atoms with Crippen LogP contribution in [0.5, 0.6) is 0 Å². The minimum Gasteiger partial charge on any atom is -0.395 e.